The van der Waals surface area contributed by atoms with Crippen LogP contribution in [0.3, 0.4) is 0 Å². The fourth-order valence-corrected chi connectivity index (χ4v) is 3.62. The molecule has 3 rings (SSSR count). The van der Waals surface area contributed by atoms with Gasteiger partial charge in [0, 0.05) is 18.5 Å². The average molecular weight is 443 g/mol. The van der Waals surface area contributed by atoms with Crippen LogP contribution >= 0.6 is 27.3 Å². The molecular weight excluding hydrogens is 427 g/mol. The molecule has 2 N–H and O–H groups in total. The van der Waals surface area contributed by atoms with Gasteiger partial charge >= 0.3 is 0 Å². The molecule has 0 saturated carbocycles. The number of thiazole rings is 1. The first kappa shape index (κ1) is 18.7. The molecule has 1 fully saturated rings. The van der Waals surface area contributed by atoms with Gasteiger partial charge in [-0.05, 0) is 33.6 Å². The third-order valence-electron chi connectivity index (χ3n) is 3.67. The summed E-state index contributed by atoms with van der Waals surface area (Å²) in [5.74, 6) is -1.31. The third-order valence-corrected chi connectivity index (χ3v) is 5.18. The van der Waals surface area contributed by atoms with Gasteiger partial charge in [-0.15, -0.1) is 11.3 Å². The minimum atomic E-state index is -0.491. The lowest BCUT2D eigenvalue weighted by molar-refractivity contribution is -0.121. The number of nitrogens with zero attached hydrogens (tertiary/aromatic N) is 2. The first-order chi connectivity index (χ1) is 12.5. The van der Waals surface area contributed by atoms with E-state index in [-0.39, 0.29) is 16.6 Å². The number of carbonyl (C=O) groups excluding carboxylic acids is 2. The summed E-state index contributed by atoms with van der Waals surface area (Å²) >= 11 is 4.44. The van der Waals surface area contributed by atoms with E-state index in [2.05, 4.69) is 36.7 Å². The Kier molecular flexibility index (Phi) is 6.17. The van der Waals surface area contributed by atoms with Crippen molar-refractivity contribution in [1.82, 2.24) is 15.8 Å². The molecule has 2 heterocycles. The quantitative estimate of drug-likeness (QED) is 0.706. The molecule has 0 radical (unpaired) electrons. The largest absolute Gasteiger partial charge is 0.378 e. The van der Waals surface area contributed by atoms with Gasteiger partial charge in [0.05, 0.1) is 24.1 Å². The van der Waals surface area contributed by atoms with Crippen molar-refractivity contribution in [3.63, 3.8) is 0 Å². The van der Waals surface area contributed by atoms with Gasteiger partial charge in [0.25, 0.3) is 5.91 Å². The van der Waals surface area contributed by atoms with E-state index in [1.165, 1.54) is 29.5 Å². The van der Waals surface area contributed by atoms with Crippen molar-refractivity contribution >= 4 is 44.2 Å². The van der Waals surface area contributed by atoms with Gasteiger partial charge in [0.2, 0.25) is 5.91 Å². The molecule has 1 saturated heterocycles. The maximum absolute atomic E-state index is 13.2. The summed E-state index contributed by atoms with van der Waals surface area (Å²) in [6, 6.07) is 4.30. The van der Waals surface area contributed by atoms with Crippen molar-refractivity contribution in [2.75, 3.05) is 31.2 Å². The van der Waals surface area contributed by atoms with Crippen molar-refractivity contribution in [3.8, 4) is 0 Å². The van der Waals surface area contributed by atoms with Crippen molar-refractivity contribution < 1.29 is 18.7 Å². The predicted molar refractivity (Wildman–Crippen MR) is 98.6 cm³/mol. The van der Waals surface area contributed by atoms with E-state index in [1.807, 2.05) is 0 Å². The molecule has 1 aliphatic heterocycles. The lowest BCUT2D eigenvalue weighted by atomic mass is 10.1. The minimum absolute atomic E-state index is 0.00918. The monoisotopic (exact) mass is 442 g/mol. The van der Waals surface area contributed by atoms with Crippen molar-refractivity contribution in [3.05, 3.63) is 45.1 Å². The maximum atomic E-state index is 13.2. The molecule has 2 aromatic rings. The summed E-state index contributed by atoms with van der Waals surface area (Å²) < 4.78 is 18.8. The van der Waals surface area contributed by atoms with E-state index in [0.717, 1.165) is 18.2 Å². The molecule has 10 heteroatoms. The Morgan fingerprint density at radius 1 is 1.31 bits per heavy atom. The van der Waals surface area contributed by atoms with Crippen LogP contribution in [0.15, 0.2) is 28.1 Å². The maximum Gasteiger partial charge on any atom is 0.289 e. The highest BCUT2D eigenvalue weighted by Crippen LogP contribution is 2.21. The second kappa shape index (κ2) is 8.56. The second-order valence-electron chi connectivity index (χ2n) is 5.54. The number of benzene rings is 1. The number of hydrogen-bond donors (Lipinski definition) is 2. The van der Waals surface area contributed by atoms with Crippen LogP contribution in [-0.4, -0.2) is 43.1 Å². The van der Waals surface area contributed by atoms with Crippen LogP contribution < -0.4 is 15.8 Å². The Bertz CT molecular complexity index is 811. The molecule has 26 heavy (non-hydrogen) atoms. The predicted octanol–water partition coefficient (Wildman–Crippen LogP) is 1.88. The topological polar surface area (TPSA) is 83.6 Å². The summed E-state index contributed by atoms with van der Waals surface area (Å²) in [5.41, 5.74) is 5.53. The Hall–Kier alpha value is -2.04. The van der Waals surface area contributed by atoms with E-state index in [9.17, 15) is 14.0 Å². The second-order valence-corrected chi connectivity index (χ2v) is 7.23. The first-order valence-electron chi connectivity index (χ1n) is 7.84. The highest BCUT2D eigenvalue weighted by atomic mass is 79.9. The zero-order valence-corrected chi connectivity index (χ0v) is 16.0. The summed E-state index contributed by atoms with van der Waals surface area (Å²) in [6.45, 7) is 2.74. The van der Waals surface area contributed by atoms with Gasteiger partial charge in [0.15, 0.2) is 5.13 Å². The number of amides is 2. The van der Waals surface area contributed by atoms with Gasteiger partial charge in [-0.25, -0.2) is 9.37 Å². The van der Waals surface area contributed by atoms with E-state index in [0.29, 0.717) is 18.8 Å². The fourth-order valence-electron chi connectivity index (χ4n) is 2.34. The molecule has 0 aliphatic carbocycles. The summed E-state index contributed by atoms with van der Waals surface area (Å²) in [7, 11) is 0. The van der Waals surface area contributed by atoms with Crippen LogP contribution in [0.25, 0.3) is 0 Å². The van der Waals surface area contributed by atoms with Gasteiger partial charge in [0.1, 0.15) is 11.5 Å². The first-order valence-corrected chi connectivity index (χ1v) is 9.51. The van der Waals surface area contributed by atoms with Crippen molar-refractivity contribution in [1.29, 1.82) is 0 Å². The van der Waals surface area contributed by atoms with Crippen molar-refractivity contribution in [2.24, 2.45) is 0 Å². The SMILES string of the molecule is O=C(Cc1ccc(F)c(Br)c1)NNC(=O)c1csc(N2CCOCC2)n1. The van der Waals surface area contributed by atoms with E-state index < -0.39 is 17.6 Å². The van der Waals surface area contributed by atoms with Crippen LogP contribution in [0, 0.1) is 5.82 Å². The third kappa shape index (κ3) is 4.77. The molecule has 1 aromatic carbocycles. The number of morpholine rings is 1. The standard InChI is InChI=1S/C16H16BrFN4O3S/c17-11-7-10(1-2-12(11)18)8-14(23)20-21-15(24)13-9-26-16(19-13)22-3-5-25-6-4-22/h1-2,7,9H,3-6,8H2,(H,20,23)(H,21,24). The van der Waals surface area contributed by atoms with Crippen molar-refractivity contribution in [2.45, 2.75) is 6.42 Å². The van der Waals surface area contributed by atoms with Gasteiger partial charge in [-0.2, -0.15) is 0 Å². The molecule has 0 spiro atoms. The lowest BCUT2D eigenvalue weighted by Gasteiger charge is -2.25. The van der Waals surface area contributed by atoms with E-state index in [4.69, 9.17) is 4.74 Å². The summed E-state index contributed by atoms with van der Waals surface area (Å²) in [5, 5.41) is 2.39. The average Bonchev–Trinajstić information content (AvgIpc) is 3.14. The molecule has 7 nitrogen and oxygen atoms in total. The lowest BCUT2D eigenvalue weighted by Crippen LogP contribution is -2.42. The Morgan fingerprint density at radius 3 is 2.81 bits per heavy atom. The molecule has 138 valence electrons. The molecule has 1 aliphatic rings. The number of ether oxygens (including phenoxy) is 1. The van der Waals surface area contributed by atoms with Crippen LogP contribution in [0.5, 0.6) is 0 Å². The number of hydrogen-bond acceptors (Lipinski definition) is 6. The van der Waals surface area contributed by atoms with Crippen LogP contribution in [0.1, 0.15) is 16.1 Å². The number of nitrogens with one attached hydrogen (secondary N) is 2. The number of aromatic nitrogens is 1. The van der Waals surface area contributed by atoms with Crippen LogP contribution in [0.2, 0.25) is 0 Å². The molecule has 0 atom stereocenters. The highest BCUT2D eigenvalue weighted by molar-refractivity contribution is 9.10. The van der Waals surface area contributed by atoms with Gasteiger partial charge < -0.3 is 9.64 Å². The van der Waals surface area contributed by atoms with E-state index >= 15 is 0 Å². The normalized spacial score (nSPS) is 14.2. The minimum Gasteiger partial charge on any atom is -0.378 e. The molecular formula is C16H16BrFN4O3S. The smallest absolute Gasteiger partial charge is 0.289 e. The Morgan fingerprint density at radius 2 is 2.08 bits per heavy atom. The zero-order chi connectivity index (χ0) is 18.5. The number of rotatable bonds is 4. The highest BCUT2D eigenvalue weighted by Gasteiger charge is 2.17. The summed E-state index contributed by atoms with van der Waals surface area (Å²) in [4.78, 5) is 30.4. The molecule has 0 unspecified atom stereocenters. The number of hydrazine groups is 1. The van der Waals surface area contributed by atoms with Gasteiger partial charge in [-0.1, -0.05) is 6.07 Å². The van der Waals surface area contributed by atoms with Gasteiger partial charge in [-0.3, -0.25) is 20.4 Å². The number of anilines is 1. The summed E-state index contributed by atoms with van der Waals surface area (Å²) in [6.07, 6.45) is 0.00918. The molecule has 0 bridgehead atoms. The molecule has 1 aromatic heterocycles. The van der Waals surface area contributed by atoms with E-state index in [1.54, 1.807) is 5.38 Å². The van der Waals surface area contributed by atoms with Crippen LogP contribution in [-0.2, 0) is 16.0 Å². The fraction of sp³-hybridized carbons (Fsp3) is 0.312. The number of halogens is 2. The molecule has 2 amide bonds. The number of carbonyl (C=O) groups is 2. The zero-order valence-electron chi connectivity index (χ0n) is 13.6. The Balaban J connectivity index is 1.51. The van der Waals surface area contributed by atoms with Crippen LogP contribution in [0.4, 0.5) is 9.52 Å². The Labute approximate surface area is 161 Å².